The van der Waals surface area contributed by atoms with E-state index in [9.17, 15) is 57.5 Å². The molecule has 17 aromatic rings. The van der Waals surface area contributed by atoms with Gasteiger partial charge < -0.3 is 20.8 Å². The highest BCUT2D eigenvalue weighted by molar-refractivity contribution is 6.31. The molecule has 5 heterocycles. The largest absolute Gasteiger partial charge is 0.496 e. The number of nitriles is 1. The molecule has 0 aliphatic carbocycles. The molecule has 0 bridgehead atoms. The average Bonchev–Trinajstić information content (AvgIpc) is 0.804. The number of aryl methyl sites for hydroxylation is 13. The van der Waals surface area contributed by atoms with Crippen LogP contribution in [0.1, 0.15) is 129 Å². The third kappa shape index (κ3) is 28.0. The molecular formula is C117H113ClN14O13. The van der Waals surface area contributed by atoms with Crippen LogP contribution in [0.2, 0.25) is 5.02 Å². The standard InChI is InChI=1S/C20H17N3O2.C20H20N2O3.2C20H20N2O2.C19H18N2O2.C18H18ClN3O2/c1-13-7-8-14(9-15(13)12-21)10-16(24)11-19-17-5-3-4-6-18(17)20(25)23(2)22-19;1-13-8-9-14(11-19(13)25-3)10-15(23)12-18-16-6-4-5-7-17(16)20(24)22(2)21-18;2*1-13-8-9-15(10-14(13)2)11-16(23)12-19-17-6-4-5-7-18(17)20(24)22(3)21-19;1-13-7-9-14(10-8-13)11-15(22)12-18-16-5-3-4-6-17(16)19(23)21(2)20-18;1-11-9-12(7-8-15(11)19)22-17(23)10-16(20)13-5-3-4-6-14(13)18(24)21-2/h3-9H,10-11H2,1-2H3;4-9,11H,10,12H2,1-3H3;2*4-10H,11-12H2,1-3H3;3-10H,11-12H2,1-2H3;3-9,20H,10H2,1-2H3,(H,21,24)(H,22,23). The number of hydrogen-bond acceptors (Lipinski definition) is 20. The second-order valence-corrected chi connectivity index (χ2v) is 36.2. The van der Waals surface area contributed by atoms with Gasteiger partial charge in [-0.05, 0) is 189 Å². The van der Waals surface area contributed by atoms with Crippen LogP contribution in [0.25, 0.3) is 53.9 Å². The van der Waals surface area contributed by atoms with E-state index in [0.29, 0.717) is 114 Å². The Morgan fingerprint density at radius 1 is 0.338 bits per heavy atom. The number of ketones is 5. The van der Waals surface area contributed by atoms with Crippen LogP contribution in [0, 0.1) is 72.1 Å². The van der Waals surface area contributed by atoms with E-state index in [0.717, 1.165) is 71.8 Å². The first-order valence-electron chi connectivity index (χ1n) is 47.0. The minimum atomic E-state index is -0.326. The van der Waals surface area contributed by atoms with Crippen LogP contribution in [0.3, 0.4) is 0 Å². The number of rotatable bonds is 26. The maximum Gasteiger partial charge on any atom is 0.274 e. The first-order chi connectivity index (χ1) is 69.3. The van der Waals surface area contributed by atoms with Crippen LogP contribution in [0.15, 0.2) is 285 Å². The number of ether oxygens (including phenoxy) is 1. The van der Waals surface area contributed by atoms with Gasteiger partial charge in [-0.3, -0.25) is 57.5 Å². The van der Waals surface area contributed by atoms with Crippen LogP contribution >= 0.6 is 11.6 Å². The number of carbonyl (C=O) groups excluding carboxylic acids is 7. The van der Waals surface area contributed by atoms with Crippen LogP contribution < -0.4 is 43.2 Å². The second kappa shape index (κ2) is 49.3. The van der Waals surface area contributed by atoms with E-state index in [4.69, 9.17) is 27.0 Å². The van der Waals surface area contributed by atoms with Gasteiger partial charge >= 0.3 is 0 Å². The van der Waals surface area contributed by atoms with Crippen molar-refractivity contribution >= 4 is 118 Å². The molecule has 0 fully saturated rings. The van der Waals surface area contributed by atoms with Gasteiger partial charge in [-0.25, -0.2) is 23.4 Å². The summed E-state index contributed by atoms with van der Waals surface area (Å²) in [6.45, 7) is 15.9. The molecule has 0 aliphatic heterocycles. The van der Waals surface area contributed by atoms with Crippen molar-refractivity contribution in [3.8, 4) is 11.8 Å². The average molecular weight is 1960 g/mol. The van der Waals surface area contributed by atoms with Crippen molar-refractivity contribution in [2.45, 2.75) is 126 Å². The highest BCUT2D eigenvalue weighted by Gasteiger charge is 2.23. The van der Waals surface area contributed by atoms with Crippen LogP contribution in [-0.2, 0) is 128 Å². The van der Waals surface area contributed by atoms with Gasteiger partial charge in [-0.15, -0.1) is 0 Å². The topological polar surface area (TPSA) is 375 Å². The molecule has 0 atom stereocenters. The lowest BCUT2D eigenvalue weighted by Gasteiger charge is -2.11. The monoisotopic (exact) mass is 1960 g/mol. The van der Waals surface area contributed by atoms with Gasteiger partial charge in [0, 0.05) is 129 Å². The molecule has 3 N–H and O–H groups in total. The highest BCUT2D eigenvalue weighted by Crippen LogP contribution is 2.27. The maximum absolute atomic E-state index is 12.5. The predicted octanol–water partition coefficient (Wildman–Crippen LogP) is 16.9. The lowest BCUT2D eigenvalue weighted by molar-refractivity contribution is -0.118. The Hall–Kier alpha value is -17.1. The molecule has 0 unspecified atom stereocenters. The number of nitrogens with zero attached hydrogens (tertiary/aromatic N) is 11. The Morgan fingerprint density at radius 2 is 0.634 bits per heavy atom. The molecule has 27 nitrogen and oxygen atoms in total. The van der Waals surface area contributed by atoms with Crippen molar-refractivity contribution in [3.05, 3.63) is 435 Å². The zero-order chi connectivity index (χ0) is 105. The summed E-state index contributed by atoms with van der Waals surface area (Å²) in [5.74, 6) is 0.467. The summed E-state index contributed by atoms with van der Waals surface area (Å²) in [7, 11) is 11.2. The summed E-state index contributed by atoms with van der Waals surface area (Å²) in [6, 6.07) is 81.8. The van der Waals surface area contributed by atoms with Gasteiger partial charge in [0.25, 0.3) is 33.7 Å². The van der Waals surface area contributed by atoms with Gasteiger partial charge in [0.15, 0.2) is 0 Å². The fourth-order valence-corrected chi connectivity index (χ4v) is 16.7. The Balaban J connectivity index is 0.000000155. The molecule has 736 valence electrons. The molecule has 17 rings (SSSR count). The maximum atomic E-state index is 12.5. The van der Waals surface area contributed by atoms with E-state index >= 15 is 0 Å². The van der Waals surface area contributed by atoms with Crippen LogP contribution in [0.5, 0.6) is 5.75 Å². The number of aromatic nitrogens is 10. The van der Waals surface area contributed by atoms with Crippen molar-refractivity contribution in [3.63, 3.8) is 0 Å². The molecule has 0 saturated heterocycles. The minimum Gasteiger partial charge on any atom is -0.496 e. The van der Waals surface area contributed by atoms with Crippen LogP contribution in [-0.4, -0.2) is 110 Å². The van der Waals surface area contributed by atoms with E-state index < -0.39 is 0 Å². The van der Waals surface area contributed by atoms with E-state index in [-0.39, 0.29) is 119 Å². The van der Waals surface area contributed by atoms with E-state index in [1.807, 2.05) is 205 Å². The Labute approximate surface area is 843 Å². The first kappa shape index (κ1) is 107. The molecule has 5 aromatic heterocycles. The molecule has 0 aliphatic rings. The number of methoxy groups -OCH3 is 1. The second-order valence-electron chi connectivity index (χ2n) is 35.7. The predicted molar refractivity (Wildman–Crippen MR) is 570 cm³/mol. The van der Waals surface area contributed by atoms with Gasteiger partial charge in [0.05, 0.1) is 113 Å². The van der Waals surface area contributed by atoms with Crippen molar-refractivity contribution < 1.29 is 38.3 Å². The number of Topliss-reactive ketones (excluding diaryl/α,β-unsaturated/α-hetero) is 5. The van der Waals surface area contributed by atoms with E-state index in [1.54, 1.807) is 127 Å². The summed E-state index contributed by atoms with van der Waals surface area (Å²) in [5.41, 5.74) is 18.0. The summed E-state index contributed by atoms with van der Waals surface area (Å²) in [4.78, 5) is 147. The van der Waals surface area contributed by atoms with Crippen molar-refractivity contribution in [2.75, 3.05) is 19.5 Å². The van der Waals surface area contributed by atoms with Gasteiger partial charge in [-0.2, -0.15) is 30.8 Å². The fourth-order valence-electron chi connectivity index (χ4n) is 16.6. The zero-order valence-corrected chi connectivity index (χ0v) is 84.5. The summed E-state index contributed by atoms with van der Waals surface area (Å²) >= 11 is 5.96. The molecule has 28 heteroatoms. The number of anilines is 1. The SMILES string of the molecule is CNC(=O)c1ccccc1C(=N)CC(=O)Nc1ccc(Cl)c(C)c1.COc1cc(CC(=O)Cc2nn(C)c(=O)c3ccccc23)ccc1C.Cc1ccc(CC(=O)Cc2nn(C)c(=O)c3ccccc23)cc1.Cc1ccc(CC(=O)Cc2nn(C)c(=O)c3ccccc23)cc1C.Cc1ccc(CC(=O)Cc2nn(C)c(=O)c3ccccc23)cc1C.Cc1ccc(CC(=O)Cc2nn(C)c(=O)c3ccccc23)cc1C#N. The quantitative estimate of drug-likeness (QED) is 0.0424. The van der Waals surface area contributed by atoms with E-state index in [2.05, 4.69) is 68.2 Å². The number of nitrogens with one attached hydrogen (secondary N) is 3. The Bertz CT molecular complexity index is 8090. The number of benzene rings is 12. The fraction of sp³-hybridized carbons (Fsp3) is 0.222. The number of carbonyl (C=O) groups is 7. The van der Waals surface area contributed by atoms with Crippen molar-refractivity contribution in [1.29, 1.82) is 10.7 Å². The molecule has 2 amide bonds. The molecule has 0 spiro atoms. The minimum absolute atomic E-state index is 0.0101. The van der Waals surface area contributed by atoms with Crippen molar-refractivity contribution in [2.24, 2.45) is 35.2 Å². The molecular weight excluding hydrogens is 1840 g/mol. The normalized spacial score (nSPS) is 10.7. The van der Waals surface area contributed by atoms with Gasteiger partial charge in [0.1, 0.15) is 34.7 Å². The summed E-state index contributed by atoms with van der Waals surface area (Å²) in [6.07, 6.45) is 2.53. The molecule has 12 aromatic carbocycles. The summed E-state index contributed by atoms with van der Waals surface area (Å²) < 4.78 is 11.8. The number of halogens is 1. The number of fused-ring (bicyclic) bond motifs is 5. The third-order valence-electron chi connectivity index (χ3n) is 24.7. The number of amides is 2. The van der Waals surface area contributed by atoms with E-state index in [1.165, 1.54) is 58.3 Å². The molecule has 0 saturated carbocycles. The first-order valence-corrected chi connectivity index (χ1v) is 47.3. The Morgan fingerprint density at radius 3 is 0.959 bits per heavy atom. The highest BCUT2D eigenvalue weighted by atomic mass is 35.5. The van der Waals surface area contributed by atoms with Crippen molar-refractivity contribution in [1.82, 2.24) is 54.2 Å². The lowest BCUT2D eigenvalue weighted by Crippen LogP contribution is -2.23. The van der Waals surface area contributed by atoms with Crippen LogP contribution in [0.4, 0.5) is 5.69 Å². The zero-order valence-electron chi connectivity index (χ0n) is 83.7. The Kier molecular flexibility index (Phi) is 36.3. The smallest absolute Gasteiger partial charge is 0.274 e. The summed E-state index contributed by atoms with van der Waals surface area (Å²) in [5, 5.41) is 51.2. The van der Waals surface area contributed by atoms with Gasteiger partial charge in [0.2, 0.25) is 5.91 Å². The lowest BCUT2D eigenvalue weighted by atomic mass is 9.99. The molecule has 0 radical (unpaired) electrons. The molecule has 145 heavy (non-hydrogen) atoms. The number of hydrogen-bond donors (Lipinski definition) is 3. The van der Waals surface area contributed by atoms with Gasteiger partial charge in [-0.1, -0.05) is 211 Å². The third-order valence-corrected chi connectivity index (χ3v) is 25.1.